The van der Waals surface area contributed by atoms with Gasteiger partial charge >= 0.3 is 0 Å². The van der Waals surface area contributed by atoms with Crippen molar-refractivity contribution in [2.45, 2.75) is 72.1 Å². The van der Waals surface area contributed by atoms with Crippen LogP contribution in [0.2, 0.25) is 0 Å². The minimum absolute atomic E-state index is 0.118. The van der Waals surface area contributed by atoms with E-state index in [9.17, 15) is 19.5 Å². The molecule has 0 aromatic rings. The van der Waals surface area contributed by atoms with E-state index < -0.39 is 24.1 Å². The summed E-state index contributed by atoms with van der Waals surface area (Å²) in [6.45, 7) is 11.0. The Morgan fingerprint density at radius 1 is 1.10 bits per heavy atom. The highest BCUT2D eigenvalue weighted by Gasteiger charge is 2.33. The Balaban J connectivity index is 2.76. The number of amides is 2. The lowest BCUT2D eigenvalue weighted by Gasteiger charge is -2.32. The lowest BCUT2D eigenvalue weighted by Crippen LogP contribution is -2.58. The second-order valence-corrected chi connectivity index (χ2v) is 9.01. The van der Waals surface area contributed by atoms with E-state index in [-0.39, 0.29) is 30.1 Å². The van der Waals surface area contributed by atoms with Crippen molar-refractivity contribution in [2.75, 3.05) is 19.6 Å². The second-order valence-electron chi connectivity index (χ2n) is 9.01. The predicted octanol–water partition coefficient (Wildman–Crippen LogP) is 0.183. The highest BCUT2D eigenvalue weighted by atomic mass is 16.3. The number of carbonyl (C=O) groups is 3. The molecule has 0 aromatic carbocycles. The van der Waals surface area contributed by atoms with Crippen LogP contribution in [0.5, 0.6) is 0 Å². The van der Waals surface area contributed by atoms with Crippen molar-refractivity contribution in [1.82, 2.24) is 16.0 Å². The molecular weight excluding hydrogens is 372 g/mol. The number of rotatable bonds is 11. The van der Waals surface area contributed by atoms with Gasteiger partial charge in [-0.05, 0) is 51.1 Å². The van der Waals surface area contributed by atoms with Crippen LogP contribution in [0.1, 0.15) is 53.9 Å². The van der Waals surface area contributed by atoms with E-state index >= 15 is 0 Å². The van der Waals surface area contributed by atoms with Crippen molar-refractivity contribution in [1.29, 1.82) is 0 Å². The molecule has 1 aliphatic heterocycles. The fourth-order valence-electron chi connectivity index (χ4n) is 3.87. The van der Waals surface area contributed by atoms with Crippen LogP contribution in [0.3, 0.4) is 0 Å². The third-order valence-electron chi connectivity index (χ3n) is 5.36. The molecule has 0 radical (unpaired) electrons. The Kier molecular flexibility index (Phi) is 10.8. The number of Topliss-reactive ketones (excluding diaryl/α,β-unsaturated/α-hetero) is 1. The molecule has 1 rings (SSSR count). The van der Waals surface area contributed by atoms with Gasteiger partial charge in [-0.15, -0.1) is 0 Å². The van der Waals surface area contributed by atoms with Crippen LogP contribution in [0.25, 0.3) is 0 Å². The molecule has 168 valence electrons. The van der Waals surface area contributed by atoms with Crippen molar-refractivity contribution in [2.24, 2.45) is 29.4 Å². The minimum Gasteiger partial charge on any atom is -0.391 e. The molecule has 5 atom stereocenters. The summed E-state index contributed by atoms with van der Waals surface area (Å²) in [5, 5.41) is 18.7. The summed E-state index contributed by atoms with van der Waals surface area (Å²) in [5.74, 6) is -0.474. The van der Waals surface area contributed by atoms with E-state index in [1.807, 2.05) is 0 Å². The summed E-state index contributed by atoms with van der Waals surface area (Å²) in [7, 11) is 0. The van der Waals surface area contributed by atoms with Gasteiger partial charge in [0.05, 0.1) is 18.1 Å². The van der Waals surface area contributed by atoms with Gasteiger partial charge in [-0.2, -0.15) is 0 Å². The molecule has 0 aliphatic carbocycles. The summed E-state index contributed by atoms with van der Waals surface area (Å²) >= 11 is 0. The lowest BCUT2D eigenvalue weighted by molar-refractivity contribution is -0.136. The average molecular weight is 413 g/mol. The Hall–Kier alpha value is -1.51. The Labute approximate surface area is 174 Å². The average Bonchev–Trinajstić information content (AvgIpc) is 2.64. The molecule has 2 amide bonds. The predicted molar refractivity (Wildman–Crippen MR) is 113 cm³/mol. The number of carbonyl (C=O) groups excluding carboxylic acids is 3. The fourth-order valence-corrected chi connectivity index (χ4v) is 3.87. The topological polar surface area (TPSA) is 134 Å². The molecule has 29 heavy (non-hydrogen) atoms. The highest BCUT2D eigenvalue weighted by Crippen LogP contribution is 2.23. The molecule has 3 unspecified atom stereocenters. The summed E-state index contributed by atoms with van der Waals surface area (Å²) < 4.78 is 0. The molecule has 1 aliphatic rings. The highest BCUT2D eigenvalue weighted by molar-refractivity contribution is 5.94. The molecule has 0 bridgehead atoms. The van der Waals surface area contributed by atoms with Crippen LogP contribution in [-0.2, 0) is 14.4 Å². The van der Waals surface area contributed by atoms with Crippen molar-refractivity contribution >= 4 is 17.6 Å². The number of ketones is 1. The van der Waals surface area contributed by atoms with Crippen molar-refractivity contribution < 1.29 is 19.5 Å². The zero-order chi connectivity index (χ0) is 22.1. The smallest absolute Gasteiger partial charge is 0.245 e. The minimum atomic E-state index is -1.12. The van der Waals surface area contributed by atoms with Crippen LogP contribution in [0, 0.1) is 23.7 Å². The monoisotopic (exact) mass is 412 g/mol. The number of aliphatic hydroxyl groups excluding tert-OH is 1. The van der Waals surface area contributed by atoms with Crippen LogP contribution >= 0.6 is 0 Å². The fraction of sp³-hybridized carbons (Fsp3) is 0.857. The molecule has 8 heteroatoms. The number of hydrogen-bond donors (Lipinski definition) is 5. The summed E-state index contributed by atoms with van der Waals surface area (Å²) in [6, 6.07) is -1.84. The van der Waals surface area contributed by atoms with Gasteiger partial charge in [-0.3, -0.25) is 14.4 Å². The molecule has 1 saturated heterocycles. The van der Waals surface area contributed by atoms with E-state index in [2.05, 4.69) is 29.8 Å². The lowest BCUT2D eigenvalue weighted by atomic mass is 9.84. The first-order valence-corrected chi connectivity index (χ1v) is 10.8. The van der Waals surface area contributed by atoms with Gasteiger partial charge in [-0.25, -0.2) is 0 Å². The van der Waals surface area contributed by atoms with Gasteiger partial charge in [-0.1, -0.05) is 27.7 Å². The SMILES string of the molecule is CC(C)CC1CNCC(C(=O)N[C@H](C(=O)N[C@@H](CCN)C(=O)C(C)C)C(C)O)C1. The zero-order valence-electron chi connectivity index (χ0n) is 18.5. The maximum Gasteiger partial charge on any atom is 0.245 e. The number of hydrogen-bond acceptors (Lipinski definition) is 6. The molecule has 0 aromatic heterocycles. The Morgan fingerprint density at radius 3 is 2.28 bits per heavy atom. The van der Waals surface area contributed by atoms with Crippen molar-refractivity contribution in [3.8, 4) is 0 Å². The molecule has 8 nitrogen and oxygen atoms in total. The third-order valence-corrected chi connectivity index (χ3v) is 5.36. The first kappa shape index (κ1) is 25.5. The van der Waals surface area contributed by atoms with E-state index in [1.165, 1.54) is 6.92 Å². The first-order chi connectivity index (χ1) is 13.6. The largest absolute Gasteiger partial charge is 0.391 e. The Bertz CT molecular complexity index is 551. The number of nitrogens with two attached hydrogens (primary N) is 1. The second kappa shape index (κ2) is 12.2. The maximum atomic E-state index is 12.8. The van der Waals surface area contributed by atoms with Crippen molar-refractivity contribution in [3.05, 3.63) is 0 Å². The van der Waals surface area contributed by atoms with E-state index in [4.69, 9.17) is 5.73 Å². The molecule has 1 heterocycles. The maximum absolute atomic E-state index is 12.8. The standard InChI is InChI=1S/C21H40N4O4/c1-12(2)8-15-9-16(11-23-10-15)20(28)25-18(14(5)26)21(29)24-17(6-7-22)19(27)13(3)4/h12-18,23,26H,6-11,22H2,1-5H3,(H,24,29)(H,25,28)/t14?,15?,16?,17-,18-/m0/s1. The summed E-state index contributed by atoms with van der Waals surface area (Å²) in [4.78, 5) is 37.8. The van der Waals surface area contributed by atoms with Gasteiger partial charge < -0.3 is 26.8 Å². The van der Waals surface area contributed by atoms with Crippen LogP contribution in [0.15, 0.2) is 0 Å². The molecule has 0 saturated carbocycles. The van der Waals surface area contributed by atoms with Gasteiger partial charge in [0.1, 0.15) is 6.04 Å². The van der Waals surface area contributed by atoms with E-state index in [0.29, 0.717) is 24.8 Å². The quantitative estimate of drug-likeness (QED) is 0.329. The van der Waals surface area contributed by atoms with E-state index in [0.717, 1.165) is 19.4 Å². The van der Waals surface area contributed by atoms with E-state index in [1.54, 1.807) is 13.8 Å². The summed E-state index contributed by atoms with van der Waals surface area (Å²) in [6.07, 6.45) is 1.02. The summed E-state index contributed by atoms with van der Waals surface area (Å²) in [5.41, 5.74) is 5.57. The van der Waals surface area contributed by atoms with Gasteiger partial charge in [0, 0.05) is 12.5 Å². The van der Waals surface area contributed by atoms with Gasteiger partial charge in [0.2, 0.25) is 11.8 Å². The first-order valence-electron chi connectivity index (χ1n) is 10.8. The number of nitrogens with one attached hydrogen (secondary N) is 3. The van der Waals surface area contributed by atoms with Gasteiger partial charge in [0.25, 0.3) is 0 Å². The molecule has 0 spiro atoms. The zero-order valence-corrected chi connectivity index (χ0v) is 18.5. The van der Waals surface area contributed by atoms with Crippen molar-refractivity contribution in [3.63, 3.8) is 0 Å². The van der Waals surface area contributed by atoms with Gasteiger partial charge in [0.15, 0.2) is 5.78 Å². The number of aliphatic hydroxyl groups is 1. The normalized spacial score (nSPS) is 22.8. The third kappa shape index (κ3) is 8.40. The number of piperidine rings is 1. The van der Waals surface area contributed by atoms with Crippen LogP contribution in [0.4, 0.5) is 0 Å². The molecule has 1 fully saturated rings. The molecular formula is C21H40N4O4. The van der Waals surface area contributed by atoms with Crippen LogP contribution in [-0.4, -0.2) is 60.5 Å². The van der Waals surface area contributed by atoms with Crippen LogP contribution < -0.4 is 21.7 Å². The molecule has 6 N–H and O–H groups in total. The Morgan fingerprint density at radius 2 is 1.76 bits per heavy atom.